The predicted molar refractivity (Wildman–Crippen MR) is 87.9 cm³/mol. The van der Waals surface area contributed by atoms with Crippen LogP contribution in [0.3, 0.4) is 0 Å². The average Bonchev–Trinajstić information content (AvgIpc) is 2.75. The number of nitrogens with zero attached hydrogens (tertiary/aromatic N) is 1. The highest BCUT2D eigenvalue weighted by Gasteiger charge is 2.76. The minimum Gasteiger partial charge on any atom is -0.411 e. The summed E-state index contributed by atoms with van der Waals surface area (Å²) in [5, 5.41) is 15.8. The maximum Gasteiger partial charge on any atom is 0.239 e. The molecule has 2 N–H and O–H groups in total. The summed E-state index contributed by atoms with van der Waals surface area (Å²) in [6, 6.07) is 6.81. The van der Waals surface area contributed by atoms with E-state index in [2.05, 4.69) is 10.5 Å². The van der Waals surface area contributed by atoms with Gasteiger partial charge in [0.2, 0.25) is 5.91 Å². The molecule has 0 spiro atoms. The second kappa shape index (κ2) is 4.81. The van der Waals surface area contributed by atoms with E-state index in [1.54, 1.807) is 24.3 Å². The highest BCUT2D eigenvalue weighted by molar-refractivity contribution is 6.51. The molecule has 2 aliphatic carbocycles. The van der Waals surface area contributed by atoms with Gasteiger partial charge >= 0.3 is 0 Å². The van der Waals surface area contributed by atoms with Crippen LogP contribution < -0.4 is 5.32 Å². The van der Waals surface area contributed by atoms with E-state index < -0.39 is 16.2 Å². The molecule has 2 fully saturated rings. The number of anilines is 1. The molecule has 5 nitrogen and oxygen atoms in total. The van der Waals surface area contributed by atoms with Crippen LogP contribution in [0.25, 0.3) is 0 Å². The van der Waals surface area contributed by atoms with Crippen LogP contribution in [0.4, 0.5) is 5.69 Å². The SMILES string of the molecule is CC12CCC(C(=O)Nc3cccc(Cl)c3)(C(=O)/C1=N\O)C2(C)C. The zero-order valence-electron chi connectivity index (χ0n) is 13.3. The van der Waals surface area contributed by atoms with Gasteiger partial charge in [0.1, 0.15) is 11.1 Å². The van der Waals surface area contributed by atoms with E-state index in [0.717, 1.165) is 0 Å². The van der Waals surface area contributed by atoms with Crippen LogP contribution in [-0.4, -0.2) is 22.6 Å². The fourth-order valence-electron chi connectivity index (χ4n) is 4.26. The zero-order valence-corrected chi connectivity index (χ0v) is 14.1. The summed E-state index contributed by atoms with van der Waals surface area (Å²) in [5.41, 5.74) is -1.81. The summed E-state index contributed by atoms with van der Waals surface area (Å²) >= 11 is 5.95. The molecule has 122 valence electrons. The van der Waals surface area contributed by atoms with Crippen molar-refractivity contribution in [3.8, 4) is 0 Å². The minimum absolute atomic E-state index is 0.106. The van der Waals surface area contributed by atoms with Crippen LogP contribution in [0.5, 0.6) is 0 Å². The van der Waals surface area contributed by atoms with E-state index in [9.17, 15) is 14.8 Å². The Morgan fingerprint density at radius 2 is 2.00 bits per heavy atom. The first-order valence-electron chi connectivity index (χ1n) is 7.55. The fraction of sp³-hybridized carbons (Fsp3) is 0.471. The Balaban J connectivity index is 2.04. The molecule has 1 aromatic rings. The molecule has 0 heterocycles. The zero-order chi connectivity index (χ0) is 17.0. The molecule has 0 aliphatic heterocycles. The summed E-state index contributed by atoms with van der Waals surface area (Å²) in [6.45, 7) is 5.68. The van der Waals surface area contributed by atoms with Gasteiger partial charge < -0.3 is 10.5 Å². The largest absolute Gasteiger partial charge is 0.411 e. The molecule has 23 heavy (non-hydrogen) atoms. The number of nitrogens with one attached hydrogen (secondary N) is 1. The number of carbonyl (C=O) groups excluding carboxylic acids is 2. The third-order valence-corrected chi connectivity index (χ3v) is 6.38. The summed E-state index contributed by atoms with van der Waals surface area (Å²) in [6.07, 6.45) is 1.08. The molecular weight excluding hydrogens is 316 g/mol. The monoisotopic (exact) mass is 334 g/mol. The lowest BCUT2D eigenvalue weighted by molar-refractivity contribution is -0.140. The summed E-state index contributed by atoms with van der Waals surface area (Å²) in [7, 11) is 0. The number of hydrogen-bond acceptors (Lipinski definition) is 4. The molecule has 2 unspecified atom stereocenters. The van der Waals surface area contributed by atoms with Crippen molar-refractivity contribution in [3.05, 3.63) is 29.3 Å². The van der Waals surface area contributed by atoms with E-state index in [0.29, 0.717) is 23.6 Å². The maximum absolute atomic E-state index is 13.0. The van der Waals surface area contributed by atoms with Crippen molar-refractivity contribution in [3.63, 3.8) is 0 Å². The third-order valence-electron chi connectivity index (χ3n) is 6.14. The Bertz CT molecular complexity index is 743. The van der Waals surface area contributed by atoms with Gasteiger partial charge in [0.25, 0.3) is 0 Å². The second-order valence-electron chi connectivity index (χ2n) is 7.10. The van der Waals surface area contributed by atoms with E-state index in [1.165, 1.54) is 0 Å². The van der Waals surface area contributed by atoms with Gasteiger partial charge in [-0.1, -0.05) is 43.6 Å². The Labute approximate surface area is 139 Å². The van der Waals surface area contributed by atoms with Crippen LogP contribution in [0, 0.1) is 16.2 Å². The molecule has 2 atom stereocenters. The fourth-order valence-corrected chi connectivity index (χ4v) is 4.45. The molecule has 2 saturated carbocycles. The highest BCUT2D eigenvalue weighted by atomic mass is 35.5. The van der Waals surface area contributed by atoms with E-state index in [4.69, 9.17) is 11.6 Å². The molecule has 0 radical (unpaired) electrons. The van der Waals surface area contributed by atoms with Gasteiger partial charge in [-0.2, -0.15) is 0 Å². The van der Waals surface area contributed by atoms with Crippen molar-refractivity contribution >= 4 is 34.7 Å². The number of hydrogen-bond donors (Lipinski definition) is 2. The van der Waals surface area contributed by atoms with Gasteiger partial charge in [0.05, 0.1) is 0 Å². The average molecular weight is 335 g/mol. The first kappa shape index (κ1) is 16.0. The normalized spacial score (nSPS) is 33.2. The summed E-state index contributed by atoms with van der Waals surface area (Å²) in [4.78, 5) is 25.9. The van der Waals surface area contributed by atoms with Crippen molar-refractivity contribution < 1.29 is 14.8 Å². The van der Waals surface area contributed by atoms with E-state index >= 15 is 0 Å². The Morgan fingerprint density at radius 1 is 1.30 bits per heavy atom. The Morgan fingerprint density at radius 3 is 2.57 bits per heavy atom. The maximum atomic E-state index is 13.0. The van der Waals surface area contributed by atoms with Crippen LogP contribution in [0.15, 0.2) is 29.4 Å². The van der Waals surface area contributed by atoms with Gasteiger partial charge in [-0.15, -0.1) is 0 Å². The Hall–Kier alpha value is -1.88. The summed E-state index contributed by atoms with van der Waals surface area (Å²) in [5.74, 6) is -0.740. The van der Waals surface area contributed by atoms with Crippen molar-refractivity contribution in [2.75, 3.05) is 5.32 Å². The molecule has 0 aromatic heterocycles. The standard InChI is InChI=1S/C17H19ClN2O3/c1-15(2)16(3)7-8-17(15,13(21)12(16)20-23)14(22)19-11-6-4-5-10(18)9-11/h4-6,9,23H,7-8H2,1-3H3,(H,19,22)/b20-12+. The van der Waals surface area contributed by atoms with Crippen molar-refractivity contribution in [1.29, 1.82) is 0 Å². The summed E-state index contributed by atoms with van der Waals surface area (Å²) < 4.78 is 0. The number of halogens is 1. The van der Waals surface area contributed by atoms with Crippen LogP contribution >= 0.6 is 11.6 Å². The number of Topliss-reactive ketones (excluding diaryl/α,β-unsaturated/α-hetero) is 1. The van der Waals surface area contributed by atoms with Crippen LogP contribution in [0.1, 0.15) is 33.6 Å². The number of fused-ring (bicyclic) bond motifs is 2. The number of ketones is 1. The number of benzene rings is 1. The molecule has 2 bridgehead atoms. The second-order valence-corrected chi connectivity index (χ2v) is 7.54. The lowest BCUT2D eigenvalue weighted by atomic mass is 9.64. The van der Waals surface area contributed by atoms with Crippen LogP contribution in [0.2, 0.25) is 5.02 Å². The Kier molecular flexibility index (Phi) is 3.34. The van der Waals surface area contributed by atoms with Crippen LogP contribution in [-0.2, 0) is 9.59 Å². The number of rotatable bonds is 2. The van der Waals surface area contributed by atoms with Gasteiger partial charge in [-0.25, -0.2) is 0 Å². The molecule has 6 heteroatoms. The molecule has 1 amide bonds. The van der Waals surface area contributed by atoms with Gasteiger partial charge in [-0.05, 0) is 36.5 Å². The number of amides is 1. The quantitative estimate of drug-likeness (QED) is 0.493. The molecular formula is C17H19ClN2O3. The first-order valence-corrected chi connectivity index (χ1v) is 7.93. The predicted octanol–water partition coefficient (Wildman–Crippen LogP) is 3.50. The highest BCUT2D eigenvalue weighted by Crippen LogP contribution is 2.69. The molecule has 3 rings (SSSR count). The lowest BCUT2D eigenvalue weighted by Crippen LogP contribution is -2.47. The minimum atomic E-state index is -1.22. The molecule has 1 aromatic carbocycles. The van der Waals surface area contributed by atoms with Gasteiger partial charge in [-0.3, -0.25) is 9.59 Å². The third kappa shape index (κ3) is 1.77. The number of oxime groups is 1. The van der Waals surface area contributed by atoms with Gasteiger partial charge in [0.15, 0.2) is 5.78 Å². The van der Waals surface area contributed by atoms with Gasteiger partial charge in [0, 0.05) is 16.1 Å². The van der Waals surface area contributed by atoms with E-state index in [1.807, 2.05) is 20.8 Å². The lowest BCUT2D eigenvalue weighted by Gasteiger charge is -2.37. The van der Waals surface area contributed by atoms with Crippen molar-refractivity contribution in [2.45, 2.75) is 33.6 Å². The smallest absolute Gasteiger partial charge is 0.239 e. The molecule has 0 saturated heterocycles. The molecule has 2 aliphatic rings. The first-order chi connectivity index (χ1) is 10.7. The number of carbonyl (C=O) groups is 2. The van der Waals surface area contributed by atoms with Crippen molar-refractivity contribution in [2.24, 2.45) is 21.4 Å². The topological polar surface area (TPSA) is 78.8 Å². The van der Waals surface area contributed by atoms with Crippen molar-refractivity contribution in [1.82, 2.24) is 0 Å². The van der Waals surface area contributed by atoms with E-state index in [-0.39, 0.29) is 17.4 Å².